The number of halogens is 1. The first-order chi connectivity index (χ1) is 11.1. The van der Waals surface area contributed by atoms with Crippen molar-refractivity contribution in [3.05, 3.63) is 64.8 Å². The second-order valence-electron chi connectivity index (χ2n) is 5.61. The zero-order chi connectivity index (χ0) is 16.2. The number of nitrogens with one attached hydrogen (secondary N) is 1. The molecule has 0 saturated carbocycles. The third-order valence-electron chi connectivity index (χ3n) is 3.94. The van der Waals surface area contributed by atoms with Gasteiger partial charge in [-0.1, -0.05) is 41.9 Å². The molecule has 1 unspecified atom stereocenters. The summed E-state index contributed by atoms with van der Waals surface area (Å²) in [6.07, 6.45) is 0.262. The van der Waals surface area contributed by atoms with Crippen LogP contribution in [0.4, 0.5) is 0 Å². The summed E-state index contributed by atoms with van der Waals surface area (Å²) in [7, 11) is 1.96. The average Bonchev–Trinajstić information content (AvgIpc) is 2.88. The lowest BCUT2D eigenvalue weighted by Gasteiger charge is -2.12. The average molecular weight is 330 g/mol. The molecule has 23 heavy (non-hydrogen) atoms. The summed E-state index contributed by atoms with van der Waals surface area (Å²) in [5.74, 6) is 0. The maximum atomic E-state index is 10.2. The van der Waals surface area contributed by atoms with Gasteiger partial charge >= 0.3 is 0 Å². The third kappa shape index (κ3) is 3.72. The van der Waals surface area contributed by atoms with E-state index in [4.69, 9.17) is 11.6 Å². The zero-order valence-electron chi connectivity index (χ0n) is 13.0. The van der Waals surface area contributed by atoms with Gasteiger partial charge in [0.15, 0.2) is 0 Å². The molecule has 1 heterocycles. The molecule has 0 spiro atoms. The lowest BCUT2D eigenvalue weighted by atomic mass is 10.1. The molecule has 0 aliphatic rings. The molecule has 0 bridgehead atoms. The summed E-state index contributed by atoms with van der Waals surface area (Å²) in [5, 5.41) is 19.9. The lowest BCUT2D eigenvalue weighted by Crippen LogP contribution is -2.24. The Kier molecular flexibility index (Phi) is 4.96. The van der Waals surface area contributed by atoms with E-state index in [0.717, 1.165) is 29.7 Å². The monoisotopic (exact) mass is 329 g/mol. The van der Waals surface area contributed by atoms with Crippen LogP contribution in [0.3, 0.4) is 0 Å². The molecule has 3 aromatic rings. The summed E-state index contributed by atoms with van der Waals surface area (Å²) in [4.78, 5) is 0. The number of hydrogen-bond acceptors (Lipinski definition) is 3. The molecule has 1 aromatic heterocycles. The number of hydrogen-bond donors (Lipinski definition) is 2. The number of nitrogens with zero attached hydrogens (tertiary/aromatic N) is 2. The van der Waals surface area contributed by atoms with Crippen molar-refractivity contribution in [1.29, 1.82) is 0 Å². The summed E-state index contributed by atoms with van der Waals surface area (Å²) < 4.78 is 1.91. The van der Waals surface area contributed by atoms with Crippen LogP contribution in [-0.2, 0) is 13.5 Å². The first-order valence-electron chi connectivity index (χ1n) is 7.70. The zero-order valence-corrected chi connectivity index (χ0v) is 13.8. The fourth-order valence-corrected chi connectivity index (χ4v) is 2.95. The minimum atomic E-state index is -0.561. The van der Waals surface area contributed by atoms with E-state index in [0.29, 0.717) is 11.6 Å². The summed E-state index contributed by atoms with van der Waals surface area (Å²) >= 11 is 5.95. The molecule has 3 rings (SSSR count). The van der Waals surface area contributed by atoms with Crippen molar-refractivity contribution in [3.8, 4) is 0 Å². The Bertz CT molecular complexity index is 800. The van der Waals surface area contributed by atoms with Gasteiger partial charge in [-0.05, 0) is 23.8 Å². The molecular formula is C18H20ClN3O. The Morgan fingerprint density at radius 2 is 2.04 bits per heavy atom. The van der Waals surface area contributed by atoms with Crippen molar-refractivity contribution in [2.24, 2.45) is 7.05 Å². The van der Waals surface area contributed by atoms with E-state index < -0.39 is 6.10 Å². The molecular weight excluding hydrogens is 310 g/mol. The highest BCUT2D eigenvalue weighted by Gasteiger charge is 2.09. The molecule has 5 heteroatoms. The second kappa shape index (κ2) is 7.13. The minimum absolute atomic E-state index is 0.491. The topological polar surface area (TPSA) is 50.1 Å². The number of aromatic nitrogens is 2. The van der Waals surface area contributed by atoms with Crippen LogP contribution in [0.25, 0.3) is 10.9 Å². The van der Waals surface area contributed by atoms with Crippen molar-refractivity contribution < 1.29 is 5.11 Å². The number of rotatable bonds is 6. The molecule has 0 amide bonds. The van der Waals surface area contributed by atoms with E-state index in [-0.39, 0.29) is 0 Å². The number of para-hydroxylation sites is 1. The van der Waals surface area contributed by atoms with Gasteiger partial charge in [0.25, 0.3) is 0 Å². The van der Waals surface area contributed by atoms with Crippen molar-refractivity contribution >= 4 is 22.5 Å². The highest BCUT2D eigenvalue weighted by molar-refractivity contribution is 6.30. The highest BCUT2D eigenvalue weighted by Crippen LogP contribution is 2.18. The Balaban J connectivity index is 1.55. The minimum Gasteiger partial charge on any atom is -0.387 e. The molecule has 0 radical (unpaired) electrons. The Morgan fingerprint density at radius 3 is 2.87 bits per heavy atom. The quantitative estimate of drug-likeness (QED) is 0.683. The number of fused-ring (bicyclic) bond motifs is 1. The SMILES string of the molecule is Cn1nc(CCNCC(O)c2cccc(Cl)c2)c2ccccc21. The third-order valence-corrected chi connectivity index (χ3v) is 4.18. The van der Waals surface area contributed by atoms with Crippen molar-refractivity contribution in [1.82, 2.24) is 15.1 Å². The van der Waals surface area contributed by atoms with E-state index in [1.54, 1.807) is 12.1 Å². The van der Waals surface area contributed by atoms with Crippen LogP contribution >= 0.6 is 11.6 Å². The van der Waals surface area contributed by atoms with Crippen LogP contribution < -0.4 is 5.32 Å². The van der Waals surface area contributed by atoms with Gasteiger partial charge in [0, 0.05) is 37.0 Å². The van der Waals surface area contributed by atoms with E-state index >= 15 is 0 Å². The van der Waals surface area contributed by atoms with Crippen molar-refractivity contribution in [2.75, 3.05) is 13.1 Å². The van der Waals surface area contributed by atoms with Gasteiger partial charge in [-0.2, -0.15) is 5.10 Å². The predicted molar refractivity (Wildman–Crippen MR) is 93.7 cm³/mol. The Hall–Kier alpha value is -1.88. The van der Waals surface area contributed by atoms with E-state index in [1.807, 2.05) is 36.0 Å². The lowest BCUT2D eigenvalue weighted by molar-refractivity contribution is 0.175. The number of aryl methyl sites for hydroxylation is 1. The second-order valence-corrected chi connectivity index (χ2v) is 6.05. The van der Waals surface area contributed by atoms with Crippen LogP contribution in [0.1, 0.15) is 17.4 Å². The number of aliphatic hydroxyl groups is 1. The van der Waals surface area contributed by atoms with Crippen LogP contribution in [-0.4, -0.2) is 28.0 Å². The maximum Gasteiger partial charge on any atom is 0.0914 e. The molecule has 2 aromatic carbocycles. The fourth-order valence-electron chi connectivity index (χ4n) is 2.75. The van der Waals surface area contributed by atoms with Crippen LogP contribution in [0.15, 0.2) is 48.5 Å². The van der Waals surface area contributed by atoms with Gasteiger partial charge in [0.1, 0.15) is 0 Å². The molecule has 2 N–H and O–H groups in total. The molecule has 0 aliphatic heterocycles. The molecule has 120 valence electrons. The Labute approximate surface area is 140 Å². The van der Waals surface area contributed by atoms with Crippen molar-refractivity contribution in [2.45, 2.75) is 12.5 Å². The van der Waals surface area contributed by atoms with E-state index in [2.05, 4.69) is 22.5 Å². The summed E-state index contributed by atoms with van der Waals surface area (Å²) in [6.45, 7) is 1.25. The molecule has 0 fully saturated rings. The largest absolute Gasteiger partial charge is 0.387 e. The smallest absolute Gasteiger partial charge is 0.0914 e. The number of benzene rings is 2. The van der Waals surface area contributed by atoms with Crippen LogP contribution in [0.5, 0.6) is 0 Å². The van der Waals surface area contributed by atoms with Gasteiger partial charge in [-0.25, -0.2) is 0 Å². The molecule has 4 nitrogen and oxygen atoms in total. The van der Waals surface area contributed by atoms with Gasteiger partial charge in [-0.15, -0.1) is 0 Å². The highest BCUT2D eigenvalue weighted by atomic mass is 35.5. The van der Waals surface area contributed by atoms with E-state index in [1.165, 1.54) is 5.39 Å². The van der Waals surface area contributed by atoms with E-state index in [9.17, 15) is 5.11 Å². The van der Waals surface area contributed by atoms with Gasteiger partial charge in [0.05, 0.1) is 17.3 Å². The maximum absolute atomic E-state index is 10.2. The first kappa shape index (κ1) is 16.0. The van der Waals surface area contributed by atoms with Gasteiger partial charge < -0.3 is 10.4 Å². The predicted octanol–water partition coefficient (Wildman–Crippen LogP) is 3.09. The molecule has 0 aliphatic carbocycles. The number of aliphatic hydroxyl groups excluding tert-OH is 1. The normalized spacial score (nSPS) is 12.7. The standard InChI is InChI=1S/C18H20ClN3O/c1-22-17-8-3-2-7-15(17)16(21-22)9-10-20-12-18(23)13-5-4-6-14(19)11-13/h2-8,11,18,20,23H,9-10,12H2,1H3. The Morgan fingerprint density at radius 1 is 1.22 bits per heavy atom. The molecule has 1 atom stereocenters. The van der Waals surface area contributed by atoms with Gasteiger partial charge in [-0.3, -0.25) is 4.68 Å². The van der Waals surface area contributed by atoms with Gasteiger partial charge in [0.2, 0.25) is 0 Å². The van der Waals surface area contributed by atoms with Crippen LogP contribution in [0, 0.1) is 0 Å². The van der Waals surface area contributed by atoms with Crippen LogP contribution in [0.2, 0.25) is 5.02 Å². The fraction of sp³-hybridized carbons (Fsp3) is 0.278. The summed E-state index contributed by atoms with van der Waals surface area (Å²) in [5.41, 5.74) is 3.04. The molecule has 0 saturated heterocycles. The summed E-state index contributed by atoms with van der Waals surface area (Å²) in [6, 6.07) is 15.5. The first-order valence-corrected chi connectivity index (χ1v) is 8.08. The van der Waals surface area contributed by atoms with Crippen molar-refractivity contribution in [3.63, 3.8) is 0 Å².